The predicted molar refractivity (Wildman–Crippen MR) is 114 cm³/mol. The molecule has 2 aliphatic heterocycles. The smallest absolute Gasteiger partial charge is 0.414 e. The quantitative estimate of drug-likeness (QED) is 0.493. The summed E-state index contributed by atoms with van der Waals surface area (Å²) in [4.78, 5) is 23.0. The van der Waals surface area contributed by atoms with E-state index in [2.05, 4.69) is 9.80 Å². The van der Waals surface area contributed by atoms with Crippen molar-refractivity contribution in [2.24, 2.45) is 0 Å². The number of aliphatic hydroxyl groups excluding tert-OH is 1. The normalized spacial score (nSPS) is 20.6. The van der Waals surface area contributed by atoms with Gasteiger partial charge in [0.2, 0.25) is 0 Å². The first-order valence-electron chi connectivity index (χ1n) is 10.4. The van der Waals surface area contributed by atoms with Gasteiger partial charge in [-0.3, -0.25) is 9.80 Å². The zero-order valence-electron chi connectivity index (χ0n) is 17.5. The number of carboxylic acids is 2. The molecule has 3 rings (SSSR count). The summed E-state index contributed by atoms with van der Waals surface area (Å²) in [6.07, 6.45) is 2.38. The van der Waals surface area contributed by atoms with Gasteiger partial charge in [-0.2, -0.15) is 0 Å². The van der Waals surface area contributed by atoms with Crippen molar-refractivity contribution in [3.8, 4) is 0 Å². The van der Waals surface area contributed by atoms with Crippen molar-refractivity contribution >= 4 is 23.5 Å². The van der Waals surface area contributed by atoms with E-state index in [-0.39, 0.29) is 0 Å². The molecule has 3 N–H and O–H groups in total. The van der Waals surface area contributed by atoms with Crippen LogP contribution in [-0.4, -0.2) is 102 Å². The van der Waals surface area contributed by atoms with Crippen LogP contribution in [0.2, 0.25) is 5.02 Å². The molecular formula is C21H31ClN2O7. The zero-order valence-corrected chi connectivity index (χ0v) is 18.2. The van der Waals surface area contributed by atoms with Crippen LogP contribution in [0.3, 0.4) is 0 Å². The molecular weight excluding hydrogens is 428 g/mol. The molecule has 0 saturated carbocycles. The van der Waals surface area contributed by atoms with Gasteiger partial charge in [0, 0.05) is 50.9 Å². The van der Waals surface area contributed by atoms with Gasteiger partial charge in [0.15, 0.2) is 0 Å². The zero-order chi connectivity index (χ0) is 22.6. The minimum Gasteiger partial charge on any atom is -0.473 e. The van der Waals surface area contributed by atoms with Crippen LogP contribution in [-0.2, 0) is 25.7 Å². The molecule has 0 amide bonds. The summed E-state index contributed by atoms with van der Waals surface area (Å²) >= 11 is 5.87. The van der Waals surface area contributed by atoms with Gasteiger partial charge in [-0.25, -0.2) is 9.59 Å². The van der Waals surface area contributed by atoms with Gasteiger partial charge in [0.05, 0.1) is 25.4 Å². The van der Waals surface area contributed by atoms with Crippen LogP contribution in [0, 0.1) is 0 Å². The van der Waals surface area contributed by atoms with Crippen LogP contribution >= 0.6 is 11.6 Å². The van der Waals surface area contributed by atoms with E-state index in [0.29, 0.717) is 25.9 Å². The van der Waals surface area contributed by atoms with E-state index in [4.69, 9.17) is 40.9 Å². The van der Waals surface area contributed by atoms with E-state index in [0.717, 1.165) is 49.9 Å². The average Bonchev–Trinajstić information content (AvgIpc) is 3.24. The Balaban J connectivity index is 0.000000501. The number of carboxylic acid groups (broad SMARTS) is 2. The van der Waals surface area contributed by atoms with Gasteiger partial charge in [-0.15, -0.1) is 0 Å². The lowest BCUT2D eigenvalue weighted by Gasteiger charge is -2.36. The number of hydrogen-bond donors (Lipinski definition) is 3. The minimum atomic E-state index is -1.82. The van der Waals surface area contributed by atoms with Gasteiger partial charge in [-0.05, 0) is 30.5 Å². The summed E-state index contributed by atoms with van der Waals surface area (Å²) in [5, 5.41) is 25.7. The lowest BCUT2D eigenvalue weighted by Crippen LogP contribution is -2.50. The molecule has 9 nitrogen and oxygen atoms in total. The number of aliphatic hydroxyl groups is 1. The number of piperazine rings is 1. The molecule has 2 unspecified atom stereocenters. The highest BCUT2D eigenvalue weighted by atomic mass is 35.5. The fourth-order valence-corrected chi connectivity index (χ4v) is 3.60. The lowest BCUT2D eigenvalue weighted by molar-refractivity contribution is -0.159. The van der Waals surface area contributed by atoms with Crippen LogP contribution in [0.25, 0.3) is 0 Å². The summed E-state index contributed by atoms with van der Waals surface area (Å²) in [6.45, 7) is 7.63. The van der Waals surface area contributed by atoms with Crippen LogP contribution < -0.4 is 0 Å². The van der Waals surface area contributed by atoms with Gasteiger partial charge < -0.3 is 24.8 Å². The molecule has 0 aliphatic carbocycles. The fraction of sp³-hybridized carbons (Fsp3) is 0.619. The number of aliphatic carboxylic acids is 2. The van der Waals surface area contributed by atoms with Crippen molar-refractivity contribution in [1.82, 2.24) is 9.80 Å². The Labute approximate surface area is 187 Å². The summed E-state index contributed by atoms with van der Waals surface area (Å²) in [5.41, 5.74) is 1.07. The van der Waals surface area contributed by atoms with E-state index in [1.54, 1.807) is 0 Å². The average molecular weight is 459 g/mol. The predicted octanol–water partition coefficient (Wildman–Crippen LogP) is 1.17. The third kappa shape index (κ3) is 10.4. The highest BCUT2D eigenvalue weighted by Gasteiger charge is 2.23. The second-order valence-corrected chi connectivity index (χ2v) is 8.08. The number of ether oxygens (including phenoxy) is 2. The fourth-order valence-electron chi connectivity index (χ4n) is 3.47. The Bertz CT molecular complexity index is 663. The first-order valence-corrected chi connectivity index (χ1v) is 10.7. The SMILES string of the molecule is O=C(O)C(=O)O.OC(COCc1ccc(Cl)cc1)CN1CCN(CC2CCCO2)CC1. The van der Waals surface area contributed by atoms with E-state index in [1.165, 1.54) is 12.8 Å². The van der Waals surface area contributed by atoms with E-state index in [9.17, 15) is 5.11 Å². The minimum absolute atomic E-state index is 0.360. The second-order valence-electron chi connectivity index (χ2n) is 7.64. The number of hydrogen-bond acceptors (Lipinski definition) is 7. The van der Waals surface area contributed by atoms with Gasteiger partial charge in [0.25, 0.3) is 0 Å². The molecule has 2 fully saturated rings. The van der Waals surface area contributed by atoms with Crippen molar-refractivity contribution in [2.45, 2.75) is 31.7 Å². The van der Waals surface area contributed by atoms with Crippen LogP contribution in [0.4, 0.5) is 0 Å². The third-order valence-electron chi connectivity index (χ3n) is 5.09. The molecule has 2 aliphatic rings. The molecule has 1 aromatic rings. The molecule has 2 saturated heterocycles. The molecule has 10 heteroatoms. The second kappa shape index (κ2) is 13.6. The van der Waals surface area contributed by atoms with Crippen molar-refractivity contribution < 1.29 is 34.4 Å². The van der Waals surface area contributed by atoms with Crippen LogP contribution in [0.1, 0.15) is 18.4 Å². The summed E-state index contributed by atoms with van der Waals surface area (Å²) < 4.78 is 11.3. The Morgan fingerprint density at radius 3 is 2.26 bits per heavy atom. The Kier molecular flexibility index (Phi) is 11.2. The molecule has 31 heavy (non-hydrogen) atoms. The summed E-state index contributed by atoms with van der Waals surface area (Å²) in [5.74, 6) is -3.65. The van der Waals surface area contributed by atoms with Gasteiger partial charge >= 0.3 is 11.9 Å². The molecule has 174 valence electrons. The molecule has 1 aromatic carbocycles. The van der Waals surface area contributed by atoms with E-state index < -0.39 is 18.0 Å². The first-order chi connectivity index (χ1) is 14.8. The van der Waals surface area contributed by atoms with Crippen molar-refractivity contribution in [1.29, 1.82) is 0 Å². The standard InChI is InChI=1S/C19H29ClN2O3.C2H2O4/c20-17-5-3-16(4-6-17)14-24-15-18(23)12-21-7-9-22(10-8-21)13-19-2-1-11-25-19;3-1(4)2(5)6/h3-6,18-19,23H,1-2,7-15H2;(H,3,4)(H,5,6). The Hall–Kier alpha value is -1.75. The Morgan fingerprint density at radius 1 is 1.10 bits per heavy atom. The van der Waals surface area contributed by atoms with Crippen molar-refractivity contribution in [3.05, 3.63) is 34.9 Å². The number of halogens is 1. The molecule has 0 radical (unpaired) electrons. The highest BCUT2D eigenvalue weighted by Crippen LogP contribution is 2.15. The number of rotatable bonds is 8. The molecule has 0 aromatic heterocycles. The molecule has 0 bridgehead atoms. The van der Waals surface area contributed by atoms with Crippen molar-refractivity contribution in [3.63, 3.8) is 0 Å². The third-order valence-corrected chi connectivity index (χ3v) is 5.35. The number of β-amino-alcohol motifs (C(OH)–C–C–N with tert-alkyl or cyclic N) is 1. The maximum Gasteiger partial charge on any atom is 0.414 e. The lowest BCUT2D eigenvalue weighted by atomic mass is 10.2. The van der Waals surface area contributed by atoms with Crippen LogP contribution in [0.5, 0.6) is 0 Å². The number of benzene rings is 1. The maximum absolute atomic E-state index is 10.2. The van der Waals surface area contributed by atoms with Gasteiger partial charge in [0.1, 0.15) is 0 Å². The van der Waals surface area contributed by atoms with E-state index in [1.807, 2.05) is 24.3 Å². The van der Waals surface area contributed by atoms with E-state index >= 15 is 0 Å². The largest absolute Gasteiger partial charge is 0.473 e. The topological polar surface area (TPSA) is 120 Å². The number of nitrogens with zero attached hydrogens (tertiary/aromatic N) is 2. The molecule has 0 spiro atoms. The Morgan fingerprint density at radius 2 is 1.71 bits per heavy atom. The van der Waals surface area contributed by atoms with Gasteiger partial charge in [-0.1, -0.05) is 23.7 Å². The molecule has 2 heterocycles. The molecule has 2 atom stereocenters. The maximum atomic E-state index is 10.2. The summed E-state index contributed by atoms with van der Waals surface area (Å²) in [7, 11) is 0. The van der Waals surface area contributed by atoms with Crippen molar-refractivity contribution in [2.75, 3.05) is 52.5 Å². The van der Waals surface area contributed by atoms with Crippen LogP contribution in [0.15, 0.2) is 24.3 Å². The highest BCUT2D eigenvalue weighted by molar-refractivity contribution is 6.30. The number of carbonyl (C=O) groups is 2. The summed E-state index contributed by atoms with van der Waals surface area (Å²) in [6, 6.07) is 7.60. The first kappa shape index (κ1) is 25.5. The monoisotopic (exact) mass is 458 g/mol.